The highest BCUT2D eigenvalue weighted by Gasteiger charge is 2.63. The maximum absolute atomic E-state index is 12.6. The summed E-state index contributed by atoms with van der Waals surface area (Å²) in [6, 6.07) is 0. The fourth-order valence-corrected chi connectivity index (χ4v) is 7.75. The van der Waals surface area contributed by atoms with Crippen LogP contribution in [-0.4, -0.2) is 21.9 Å². The van der Waals surface area contributed by atoms with Crippen molar-refractivity contribution >= 4 is 34.8 Å². The lowest BCUT2D eigenvalue weighted by atomic mass is 9.45. The van der Waals surface area contributed by atoms with Gasteiger partial charge in [0.05, 0.1) is 22.1 Å². The van der Waals surface area contributed by atoms with Crippen molar-refractivity contribution in [3.8, 4) is 0 Å². The summed E-state index contributed by atoms with van der Waals surface area (Å²) in [6.07, 6.45) is 8.82. The van der Waals surface area contributed by atoms with Crippen LogP contribution in [0.5, 0.6) is 0 Å². The standard InChI is InChI=1S/C34H38N2O4S/c1-17(37)39-29-23-13-19(31(3,4)5)11-21-27-28(36-26-16-41-15-25(26)35-27)22-12-20(32(6,7)8)14-24(30(29)40-18(2)38)34(22,10)33(21,23)9/h11-14H,15-16H2,1-10H3. The summed E-state index contributed by atoms with van der Waals surface area (Å²) < 4.78 is 12.1. The van der Waals surface area contributed by atoms with Gasteiger partial charge in [-0.3, -0.25) is 9.59 Å². The van der Waals surface area contributed by atoms with E-state index in [9.17, 15) is 9.59 Å². The Bertz CT molecular complexity index is 1630. The van der Waals surface area contributed by atoms with Crippen LogP contribution < -0.4 is 10.7 Å². The van der Waals surface area contributed by atoms with Crippen molar-refractivity contribution in [1.29, 1.82) is 0 Å². The first-order valence-corrected chi connectivity index (χ1v) is 15.4. The lowest BCUT2D eigenvalue weighted by Gasteiger charge is -2.58. The minimum atomic E-state index is -0.682. The maximum atomic E-state index is 12.6. The fraction of sp³-hybridized carbons (Fsp3) is 0.471. The molecule has 5 aliphatic rings. The van der Waals surface area contributed by atoms with Gasteiger partial charge in [0.1, 0.15) is 0 Å². The van der Waals surface area contributed by atoms with Gasteiger partial charge in [0.15, 0.2) is 11.5 Å². The number of hydrogen-bond donors (Lipinski definition) is 0. The molecule has 0 bridgehead atoms. The monoisotopic (exact) mass is 570 g/mol. The Morgan fingerprint density at radius 1 is 0.707 bits per heavy atom. The van der Waals surface area contributed by atoms with Gasteiger partial charge in [0.2, 0.25) is 0 Å². The summed E-state index contributed by atoms with van der Waals surface area (Å²) >= 11 is 1.84. The number of aromatic nitrogens is 2. The second-order valence-corrected chi connectivity index (χ2v) is 15.0. The molecule has 6 nitrogen and oxygen atoms in total. The number of esters is 2. The van der Waals surface area contributed by atoms with Crippen LogP contribution in [0.4, 0.5) is 0 Å². The number of ether oxygens (including phenoxy) is 2. The average molecular weight is 571 g/mol. The lowest BCUT2D eigenvalue weighted by Crippen LogP contribution is -2.58. The van der Waals surface area contributed by atoms with E-state index < -0.39 is 22.8 Å². The third kappa shape index (κ3) is 3.84. The maximum Gasteiger partial charge on any atom is 0.308 e. The molecule has 0 saturated carbocycles. The van der Waals surface area contributed by atoms with Gasteiger partial charge < -0.3 is 9.47 Å². The van der Waals surface area contributed by atoms with E-state index in [-0.39, 0.29) is 10.8 Å². The van der Waals surface area contributed by atoms with Gasteiger partial charge in [0.25, 0.3) is 0 Å². The Labute approximate surface area is 246 Å². The second kappa shape index (κ2) is 8.66. The molecule has 214 valence electrons. The van der Waals surface area contributed by atoms with Crippen molar-refractivity contribution in [2.75, 3.05) is 0 Å². The SMILES string of the molecule is CC(=O)OC1=C(OC(C)=O)C2=CC(C(C)(C)C)=CC3=c4nc5c(nc4=C4C=C(C(C)(C)C)C=C1C4(C)C23C)CSC5. The molecule has 0 spiro atoms. The number of allylic oxidation sites excluding steroid dienone is 8. The molecule has 2 heterocycles. The van der Waals surface area contributed by atoms with Crippen LogP contribution in [0, 0.1) is 21.7 Å². The Morgan fingerprint density at radius 3 is 1.39 bits per heavy atom. The van der Waals surface area contributed by atoms with Crippen LogP contribution in [-0.2, 0) is 30.6 Å². The molecule has 0 N–H and O–H groups in total. The van der Waals surface area contributed by atoms with Crippen LogP contribution in [0.15, 0.2) is 58.1 Å². The van der Waals surface area contributed by atoms with Crippen LogP contribution >= 0.6 is 11.8 Å². The van der Waals surface area contributed by atoms with Crippen LogP contribution in [0.2, 0.25) is 0 Å². The van der Waals surface area contributed by atoms with E-state index in [2.05, 4.69) is 79.7 Å². The van der Waals surface area contributed by atoms with Gasteiger partial charge in [-0.2, -0.15) is 0 Å². The summed E-state index contributed by atoms with van der Waals surface area (Å²) in [5.74, 6) is 1.35. The largest absolute Gasteiger partial charge is 0.422 e. The molecule has 1 aromatic rings. The highest BCUT2D eigenvalue weighted by Crippen LogP contribution is 2.69. The van der Waals surface area contributed by atoms with Crippen molar-refractivity contribution in [2.24, 2.45) is 21.7 Å². The first-order chi connectivity index (χ1) is 19.0. The summed E-state index contributed by atoms with van der Waals surface area (Å²) in [7, 11) is 0. The lowest BCUT2D eigenvalue weighted by molar-refractivity contribution is -0.141. The second-order valence-electron chi connectivity index (χ2n) is 14.0. The van der Waals surface area contributed by atoms with Crippen LogP contribution in [0.25, 0.3) is 11.1 Å². The molecular formula is C34H38N2O4S. The minimum absolute atomic E-state index is 0.211. The zero-order valence-corrected chi connectivity index (χ0v) is 26.5. The van der Waals surface area contributed by atoms with Gasteiger partial charge >= 0.3 is 11.9 Å². The fourth-order valence-electron chi connectivity index (χ4n) is 6.80. The minimum Gasteiger partial charge on any atom is -0.422 e. The Kier molecular flexibility index (Phi) is 5.91. The molecule has 2 unspecified atom stereocenters. The van der Waals surface area contributed by atoms with E-state index in [1.165, 1.54) is 13.8 Å². The number of thioether (sulfide) groups is 1. The predicted octanol–water partition coefficient (Wildman–Crippen LogP) is 5.73. The molecular weight excluding hydrogens is 532 g/mol. The van der Waals surface area contributed by atoms with Crippen molar-refractivity contribution in [1.82, 2.24) is 9.97 Å². The van der Waals surface area contributed by atoms with Crippen LogP contribution in [0.1, 0.15) is 80.6 Å². The van der Waals surface area contributed by atoms with Gasteiger partial charge in [-0.25, -0.2) is 9.97 Å². The zero-order valence-electron chi connectivity index (χ0n) is 25.7. The number of carbonyl (C=O) groups is 2. The number of carbonyl (C=O) groups excluding carboxylic acids is 2. The number of hydrogen-bond acceptors (Lipinski definition) is 7. The molecule has 0 saturated heterocycles. The molecule has 0 aromatic carbocycles. The number of fused-ring (bicyclic) bond motifs is 2. The highest BCUT2D eigenvalue weighted by atomic mass is 32.2. The summed E-state index contributed by atoms with van der Waals surface area (Å²) in [4.78, 5) is 35.9. The molecule has 1 aromatic heterocycles. The summed E-state index contributed by atoms with van der Waals surface area (Å²) in [5, 5.41) is 1.77. The molecule has 7 heteroatoms. The molecule has 0 amide bonds. The quantitative estimate of drug-likeness (QED) is 0.421. The number of nitrogens with zero attached hydrogens (tertiary/aromatic N) is 2. The summed E-state index contributed by atoms with van der Waals surface area (Å²) in [5.41, 5.74) is 6.19. The summed E-state index contributed by atoms with van der Waals surface area (Å²) in [6.45, 7) is 20.2. The van der Waals surface area contributed by atoms with Gasteiger partial charge in [-0.05, 0) is 47.0 Å². The van der Waals surface area contributed by atoms with E-state index in [1.807, 2.05) is 11.8 Å². The molecule has 41 heavy (non-hydrogen) atoms. The average Bonchev–Trinajstić information content (AvgIpc) is 3.30. The van der Waals surface area contributed by atoms with E-state index in [0.29, 0.717) is 11.5 Å². The smallest absolute Gasteiger partial charge is 0.308 e. The van der Waals surface area contributed by atoms with E-state index in [1.54, 1.807) is 0 Å². The Morgan fingerprint density at radius 2 is 1.07 bits per heavy atom. The normalized spacial score (nSPS) is 26.3. The molecule has 0 fully saturated rings. The van der Waals surface area contributed by atoms with Crippen molar-refractivity contribution in [3.63, 3.8) is 0 Å². The topological polar surface area (TPSA) is 78.4 Å². The first kappa shape index (κ1) is 28.0. The molecule has 4 aliphatic carbocycles. The van der Waals surface area contributed by atoms with E-state index >= 15 is 0 Å². The first-order valence-electron chi connectivity index (χ1n) is 14.2. The van der Waals surface area contributed by atoms with Crippen molar-refractivity contribution in [3.05, 3.63) is 80.2 Å². The van der Waals surface area contributed by atoms with E-state index in [4.69, 9.17) is 19.4 Å². The van der Waals surface area contributed by atoms with Gasteiger partial charge in [-0.1, -0.05) is 65.8 Å². The van der Waals surface area contributed by atoms with Crippen molar-refractivity contribution in [2.45, 2.75) is 80.7 Å². The highest BCUT2D eigenvalue weighted by molar-refractivity contribution is 7.98. The third-order valence-corrected chi connectivity index (χ3v) is 10.3. The Balaban J connectivity index is 1.89. The molecule has 6 rings (SSSR count). The molecule has 2 atom stereocenters. The molecule has 1 aliphatic heterocycles. The third-order valence-electron chi connectivity index (χ3n) is 9.31. The molecule has 0 radical (unpaired) electrons. The van der Waals surface area contributed by atoms with Crippen molar-refractivity contribution < 1.29 is 19.1 Å². The van der Waals surface area contributed by atoms with E-state index in [0.717, 1.165) is 67.0 Å². The van der Waals surface area contributed by atoms with Crippen LogP contribution in [0.3, 0.4) is 0 Å². The van der Waals surface area contributed by atoms with Gasteiger partial charge in [0, 0.05) is 47.3 Å². The predicted molar refractivity (Wildman–Crippen MR) is 161 cm³/mol. The Hall–Kier alpha value is -3.19. The zero-order chi connectivity index (χ0) is 29.9. The van der Waals surface area contributed by atoms with Gasteiger partial charge in [-0.15, -0.1) is 11.8 Å². The number of rotatable bonds is 2.